The lowest BCUT2D eigenvalue weighted by Gasteiger charge is -2.13. The van der Waals surface area contributed by atoms with Gasteiger partial charge in [0.05, 0.1) is 29.0 Å². The quantitative estimate of drug-likeness (QED) is 0.538. The molecule has 0 atom stereocenters. The zero-order valence-corrected chi connectivity index (χ0v) is 15.3. The third-order valence-electron chi connectivity index (χ3n) is 5.01. The van der Waals surface area contributed by atoms with E-state index in [1.807, 2.05) is 42.5 Å². The standard InChI is InChI=1S/C24H14N4O/c25-13-15-5-7-27-21(9-15)17-1-3-23-19(11-17)20-12-18(2-4-24(20)29-23)22-10-16(14-26)6-8-28-22/h1-7,9-12,28H,8H2. The van der Waals surface area contributed by atoms with E-state index in [9.17, 15) is 5.26 Å². The van der Waals surface area contributed by atoms with Crippen LogP contribution in [-0.4, -0.2) is 11.5 Å². The highest BCUT2D eigenvalue weighted by Crippen LogP contribution is 2.33. The number of dihydropyridines is 1. The average Bonchev–Trinajstić information content (AvgIpc) is 3.16. The minimum absolute atomic E-state index is 0.575. The van der Waals surface area contributed by atoms with Gasteiger partial charge in [-0.05, 0) is 66.2 Å². The molecular formula is C24H14N4O. The summed E-state index contributed by atoms with van der Waals surface area (Å²) >= 11 is 0. The maximum atomic E-state index is 9.18. The van der Waals surface area contributed by atoms with E-state index in [4.69, 9.17) is 9.68 Å². The summed E-state index contributed by atoms with van der Waals surface area (Å²) in [5.41, 5.74) is 6.40. The monoisotopic (exact) mass is 374 g/mol. The Balaban J connectivity index is 1.66. The summed E-state index contributed by atoms with van der Waals surface area (Å²) < 4.78 is 6.00. The minimum atomic E-state index is 0.575. The van der Waals surface area contributed by atoms with Gasteiger partial charge in [0.2, 0.25) is 0 Å². The van der Waals surface area contributed by atoms with Crippen molar-refractivity contribution in [3.8, 4) is 23.4 Å². The molecule has 0 amide bonds. The number of nitrogens with zero attached hydrogens (tertiary/aromatic N) is 3. The van der Waals surface area contributed by atoms with Crippen LogP contribution in [0.3, 0.4) is 0 Å². The van der Waals surface area contributed by atoms with Gasteiger partial charge >= 0.3 is 0 Å². The van der Waals surface area contributed by atoms with E-state index in [0.717, 1.165) is 44.5 Å². The highest BCUT2D eigenvalue weighted by molar-refractivity contribution is 6.07. The number of hydrogen-bond acceptors (Lipinski definition) is 5. The first-order valence-electron chi connectivity index (χ1n) is 9.14. The lowest BCUT2D eigenvalue weighted by molar-refractivity contribution is 0.669. The van der Waals surface area contributed by atoms with Crippen LogP contribution in [0.4, 0.5) is 0 Å². The first-order chi connectivity index (χ1) is 14.2. The van der Waals surface area contributed by atoms with E-state index in [1.54, 1.807) is 18.3 Å². The Kier molecular flexibility index (Phi) is 3.86. The molecule has 2 aromatic heterocycles. The van der Waals surface area contributed by atoms with E-state index in [1.165, 1.54) is 0 Å². The molecule has 29 heavy (non-hydrogen) atoms. The predicted molar refractivity (Wildman–Crippen MR) is 111 cm³/mol. The van der Waals surface area contributed by atoms with Crippen LogP contribution < -0.4 is 5.32 Å². The molecule has 0 bridgehead atoms. The Hall–Kier alpha value is -4.35. The molecule has 0 fully saturated rings. The normalized spacial score (nSPS) is 13.3. The number of aromatic nitrogens is 1. The molecule has 0 aliphatic carbocycles. The van der Waals surface area contributed by atoms with Crippen molar-refractivity contribution in [1.29, 1.82) is 10.5 Å². The zero-order valence-electron chi connectivity index (χ0n) is 15.3. The van der Waals surface area contributed by atoms with Crippen LogP contribution in [0.15, 0.2) is 76.9 Å². The molecule has 1 N–H and O–H groups in total. The molecule has 1 aliphatic rings. The fraction of sp³-hybridized carbons (Fsp3) is 0.0417. The number of rotatable bonds is 2. The number of fused-ring (bicyclic) bond motifs is 3. The SMILES string of the molecule is N#CC1=CCNC(c2ccc3oc4ccc(-c5cc(C#N)ccn5)cc4c3c2)=C1. The van der Waals surface area contributed by atoms with Crippen LogP contribution in [0.1, 0.15) is 11.1 Å². The molecule has 5 rings (SSSR count). The second-order valence-corrected chi connectivity index (χ2v) is 6.78. The van der Waals surface area contributed by atoms with Gasteiger partial charge in [0.25, 0.3) is 0 Å². The highest BCUT2D eigenvalue weighted by Gasteiger charge is 2.13. The second-order valence-electron chi connectivity index (χ2n) is 6.78. The van der Waals surface area contributed by atoms with E-state index in [0.29, 0.717) is 17.7 Å². The number of nitriles is 2. The molecule has 5 heteroatoms. The smallest absolute Gasteiger partial charge is 0.135 e. The molecule has 5 nitrogen and oxygen atoms in total. The summed E-state index contributed by atoms with van der Waals surface area (Å²) in [6, 6.07) is 19.7. The molecule has 0 saturated carbocycles. The number of nitrogens with one attached hydrogen (secondary N) is 1. The average molecular weight is 374 g/mol. The topological polar surface area (TPSA) is 85.6 Å². The Bertz CT molecular complexity index is 1430. The van der Waals surface area contributed by atoms with Gasteiger partial charge in [0.15, 0.2) is 0 Å². The third-order valence-corrected chi connectivity index (χ3v) is 5.01. The number of pyridine rings is 1. The van der Waals surface area contributed by atoms with Crippen LogP contribution >= 0.6 is 0 Å². The molecule has 4 aromatic rings. The van der Waals surface area contributed by atoms with Gasteiger partial charge in [-0.3, -0.25) is 4.98 Å². The van der Waals surface area contributed by atoms with Crippen molar-refractivity contribution in [3.63, 3.8) is 0 Å². The first-order valence-corrected chi connectivity index (χ1v) is 9.14. The summed E-state index contributed by atoms with van der Waals surface area (Å²) in [7, 11) is 0. The molecule has 0 unspecified atom stereocenters. The van der Waals surface area contributed by atoms with E-state index < -0.39 is 0 Å². The lowest BCUT2D eigenvalue weighted by Crippen LogP contribution is -2.15. The Morgan fingerprint density at radius 1 is 0.897 bits per heavy atom. The van der Waals surface area contributed by atoms with Crippen LogP contribution in [0.25, 0.3) is 38.9 Å². The predicted octanol–water partition coefficient (Wildman–Crippen LogP) is 4.91. The summed E-state index contributed by atoms with van der Waals surface area (Å²) in [5, 5.41) is 23.6. The van der Waals surface area contributed by atoms with Crippen molar-refractivity contribution in [2.24, 2.45) is 0 Å². The van der Waals surface area contributed by atoms with Gasteiger partial charge in [-0.2, -0.15) is 10.5 Å². The molecular weight excluding hydrogens is 360 g/mol. The van der Waals surface area contributed by atoms with Gasteiger partial charge in [-0.1, -0.05) is 0 Å². The van der Waals surface area contributed by atoms with Gasteiger partial charge in [-0.25, -0.2) is 0 Å². The van der Waals surface area contributed by atoms with E-state index in [-0.39, 0.29) is 0 Å². The van der Waals surface area contributed by atoms with E-state index >= 15 is 0 Å². The minimum Gasteiger partial charge on any atom is -0.456 e. The van der Waals surface area contributed by atoms with Crippen molar-refractivity contribution in [2.45, 2.75) is 0 Å². The van der Waals surface area contributed by atoms with E-state index in [2.05, 4.69) is 28.5 Å². The van der Waals surface area contributed by atoms with Crippen molar-refractivity contribution in [3.05, 3.63) is 83.6 Å². The largest absolute Gasteiger partial charge is 0.456 e. The molecule has 0 saturated heterocycles. The molecule has 0 radical (unpaired) electrons. The Morgan fingerprint density at radius 2 is 1.66 bits per heavy atom. The number of hydrogen-bond donors (Lipinski definition) is 1. The van der Waals surface area contributed by atoms with Gasteiger partial charge in [-0.15, -0.1) is 0 Å². The van der Waals surface area contributed by atoms with Gasteiger partial charge in [0.1, 0.15) is 11.2 Å². The fourth-order valence-corrected chi connectivity index (χ4v) is 3.56. The van der Waals surface area contributed by atoms with Crippen molar-refractivity contribution in [2.75, 3.05) is 6.54 Å². The first kappa shape index (κ1) is 16.8. The summed E-state index contributed by atoms with van der Waals surface area (Å²) in [4.78, 5) is 4.40. The summed E-state index contributed by atoms with van der Waals surface area (Å²) in [6.45, 7) is 0.629. The van der Waals surface area contributed by atoms with Gasteiger partial charge in [0, 0.05) is 34.8 Å². The fourth-order valence-electron chi connectivity index (χ4n) is 3.56. The Morgan fingerprint density at radius 3 is 2.41 bits per heavy atom. The number of allylic oxidation sites excluding steroid dienone is 2. The van der Waals surface area contributed by atoms with Crippen LogP contribution in [0, 0.1) is 22.7 Å². The highest BCUT2D eigenvalue weighted by atomic mass is 16.3. The second kappa shape index (κ2) is 6.67. The number of furan rings is 1. The van der Waals surface area contributed by atoms with Crippen molar-refractivity contribution < 1.29 is 4.42 Å². The molecule has 0 spiro atoms. The Labute approximate surface area is 166 Å². The third kappa shape index (κ3) is 2.92. The molecule has 2 aromatic carbocycles. The lowest BCUT2D eigenvalue weighted by atomic mass is 10.0. The van der Waals surface area contributed by atoms with Crippen molar-refractivity contribution in [1.82, 2.24) is 10.3 Å². The van der Waals surface area contributed by atoms with Crippen LogP contribution in [-0.2, 0) is 0 Å². The van der Waals surface area contributed by atoms with Crippen LogP contribution in [0.2, 0.25) is 0 Å². The summed E-state index contributed by atoms with van der Waals surface area (Å²) in [5.74, 6) is 0. The molecule has 3 heterocycles. The molecule has 1 aliphatic heterocycles. The molecule has 136 valence electrons. The summed E-state index contributed by atoms with van der Waals surface area (Å²) in [6.07, 6.45) is 5.37. The zero-order chi connectivity index (χ0) is 19.8. The van der Waals surface area contributed by atoms with Crippen molar-refractivity contribution >= 4 is 27.6 Å². The maximum absolute atomic E-state index is 9.18. The number of benzene rings is 2. The van der Waals surface area contributed by atoms with Gasteiger partial charge < -0.3 is 9.73 Å². The maximum Gasteiger partial charge on any atom is 0.135 e. The van der Waals surface area contributed by atoms with Crippen LogP contribution in [0.5, 0.6) is 0 Å².